The van der Waals surface area contributed by atoms with Crippen LogP contribution in [0.3, 0.4) is 0 Å². The molecule has 1 N–H and O–H groups in total. The Morgan fingerprint density at radius 3 is 2.74 bits per heavy atom. The first-order valence-corrected chi connectivity index (χ1v) is 9.26. The highest BCUT2D eigenvalue weighted by Crippen LogP contribution is 2.33. The minimum atomic E-state index is -0.782. The van der Waals surface area contributed by atoms with Gasteiger partial charge in [-0.05, 0) is 49.4 Å². The molecule has 1 aromatic carbocycles. The van der Waals surface area contributed by atoms with Gasteiger partial charge < -0.3 is 19.4 Å². The number of rotatable bonds is 5. The molecule has 4 rings (SSSR count). The van der Waals surface area contributed by atoms with Gasteiger partial charge in [0.15, 0.2) is 11.3 Å². The molecule has 1 aliphatic heterocycles. The van der Waals surface area contributed by atoms with E-state index in [4.69, 9.17) is 9.47 Å². The summed E-state index contributed by atoms with van der Waals surface area (Å²) in [6, 6.07) is 9.24. The largest absolute Gasteiger partial charge is 0.462 e. The van der Waals surface area contributed by atoms with Crippen molar-refractivity contribution in [3.8, 4) is 0 Å². The predicted molar refractivity (Wildman–Crippen MR) is 116 cm³/mol. The summed E-state index contributed by atoms with van der Waals surface area (Å²) in [5, 5.41) is 0.805. The summed E-state index contributed by atoms with van der Waals surface area (Å²) in [6.07, 6.45) is 4.91. The zero-order chi connectivity index (χ0) is 21.3. The van der Waals surface area contributed by atoms with Crippen LogP contribution in [0.4, 0.5) is 10.1 Å². The molecule has 3 heterocycles. The molecule has 0 atom stereocenters. The van der Waals surface area contributed by atoms with Crippen molar-refractivity contribution in [1.29, 1.82) is 0 Å². The number of Topliss-reactive ketones (excluding diaryl/α,β-unsaturated/α-hetero) is 1. The number of carbonyl (C=O) groups excluding carboxylic acids is 2. The lowest BCUT2D eigenvalue weighted by molar-refractivity contribution is -0.139. The highest BCUT2D eigenvalue weighted by Gasteiger charge is 2.39. The third-order valence-corrected chi connectivity index (χ3v) is 4.64. The normalized spacial score (nSPS) is 14.5. The van der Waals surface area contributed by atoms with Gasteiger partial charge in [0.25, 0.3) is 0 Å². The number of nitrogens with zero attached hydrogens (tertiary/aromatic N) is 2. The number of anilines is 1. The van der Waals surface area contributed by atoms with Gasteiger partial charge in [0.05, 0.1) is 6.61 Å². The molecule has 1 aliphatic rings. The molecule has 7 nitrogen and oxygen atoms in total. The van der Waals surface area contributed by atoms with Gasteiger partial charge in [0.2, 0.25) is 11.7 Å². The number of H-pyrrole nitrogens is 1. The maximum absolute atomic E-state index is 13.3. The van der Waals surface area contributed by atoms with E-state index >= 15 is 0 Å². The molecule has 0 aliphatic carbocycles. The Kier molecular flexibility index (Phi) is 6.41. The number of esters is 1. The van der Waals surface area contributed by atoms with Gasteiger partial charge in [-0.25, -0.2) is 14.2 Å². The summed E-state index contributed by atoms with van der Waals surface area (Å²) in [4.78, 5) is 34.3. The molecule has 2 aromatic heterocycles. The van der Waals surface area contributed by atoms with Crippen molar-refractivity contribution in [2.45, 2.75) is 6.92 Å². The maximum atomic E-state index is 13.3. The standard InChI is InChI=1S/C22H18FN3O4.ClH/c1-3-29-22(28)18-19(27)17(11-13-12-25-20-16(13)5-4-10-24-20)30-21(18)26(2)15-8-6-14(23)7-9-15;/h4-12H,3H2,1-2H3,(H,24,25);1H. The van der Waals surface area contributed by atoms with Crippen LogP contribution >= 0.6 is 12.4 Å². The molecule has 160 valence electrons. The van der Waals surface area contributed by atoms with E-state index in [-0.39, 0.29) is 36.2 Å². The summed E-state index contributed by atoms with van der Waals surface area (Å²) in [5.41, 5.74) is 1.68. The number of aromatic nitrogens is 2. The molecule has 0 bridgehead atoms. The first kappa shape index (κ1) is 22.0. The van der Waals surface area contributed by atoms with Crippen molar-refractivity contribution in [3.05, 3.63) is 77.4 Å². The number of allylic oxidation sites excluding steroid dienone is 1. The molecule has 0 fully saturated rings. The minimum Gasteiger partial charge on any atom is -0.462 e. The second-order valence-electron chi connectivity index (χ2n) is 6.52. The molecule has 31 heavy (non-hydrogen) atoms. The van der Waals surface area contributed by atoms with Gasteiger partial charge in [0.1, 0.15) is 11.5 Å². The van der Waals surface area contributed by atoms with E-state index in [1.54, 1.807) is 38.5 Å². The van der Waals surface area contributed by atoms with Crippen LogP contribution in [0, 0.1) is 5.82 Å². The zero-order valence-electron chi connectivity index (χ0n) is 16.7. The molecule has 0 unspecified atom stereocenters. The quantitative estimate of drug-likeness (QED) is 0.365. The van der Waals surface area contributed by atoms with E-state index in [2.05, 4.69) is 9.97 Å². The van der Waals surface area contributed by atoms with Crippen LogP contribution in [-0.2, 0) is 19.1 Å². The molecule has 9 heteroatoms. The molecule has 0 saturated carbocycles. The van der Waals surface area contributed by atoms with Crippen LogP contribution in [0.2, 0.25) is 0 Å². The van der Waals surface area contributed by atoms with Gasteiger partial charge in [-0.1, -0.05) is 0 Å². The van der Waals surface area contributed by atoms with E-state index in [1.165, 1.54) is 29.2 Å². The Morgan fingerprint density at radius 1 is 1.29 bits per heavy atom. The molecule has 0 saturated heterocycles. The fourth-order valence-electron chi connectivity index (χ4n) is 3.16. The average molecular weight is 444 g/mol. The lowest BCUT2D eigenvalue weighted by Crippen LogP contribution is -2.22. The van der Waals surface area contributed by atoms with E-state index in [1.807, 2.05) is 6.07 Å². The smallest absolute Gasteiger partial charge is 0.347 e. The number of benzene rings is 1. The Bertz CT molecular complexity index is 1200. The first-order valence-electron chi connectivity index (χ1n) is 9.26. The molecular weight excluding hydrogens is 425 g/mol. The van der Waals surface area contributed by atoms with Crippen molar-refractivity contribution in [2.75, 3.05) is 18.6 Å². The van der Waals surface area contributed by atoms with Crippen LogP contribution in [-0.4, -0.2) is 35.4 Å². The SMILES string of the molecule is CCOC(=O)C1=C(N(C)c2ccc(F)cc2)OC(=Cc2c[nH]c3ncccc23)C1=O.Cl. The molecule has 0 amide bonds. The Balaban J connectivity index is 0.00000272. The summed E-state index contributed by atoms with van der Waals surface area (Å²) in [6.45, 7) is 1.76. The Morgan fingerprint density at radius 2 is 2.03 bits per heavy atom. The van der Waals surface area contributed by atoms with E-state index in [0.29, 0.717) is 16.9 Å². The van der Waals surface area contributed by atoms with Crippen LogP contribution in [0.5, 0.6) is 0 Å². The summed E-state index contributed by atoms with van der Waals surface area (Å²) in [7, 11) is 1.62. The predicted octanol–water partition coefficient (Wildman–Crippen LogP) is 3.98. The molecule has 3 aromatic rings. The fourth-order valence-corrected chi connectivity index (χ4v) is 3.16. The summed E-state index contributed by atoms with van der Waals surface area (Å²) < 4.78 is 24.2. The minimum absolute atomic E-state index is 0. The number of pyridine rings is 1. The summed E-state index contributed by atoms with van der Waals surface area (Å²) >= 11 is 0. The van der Waals surface area contributed by atoms with Crippen molar-refractivity contribution >= 4 is 47.0 Å². The lowest BCUT2D eigenvalue weighted by atomic mass is 10.1. The number of hydrogen-bond acceptors (Lipinski definition) is 6. The van der Waals surface area contributed by atoms with E-state index < -0.39 is 17.6 Å². The van der Waals surface area contributed by atoms with Crippen molar-refractivity contribution in [1.82, 2.24) is 9.97 Å². The highest BCUT2D eigenvalue weighted by molar-refractivity contribution is 6.27. The first-order chi connectivity index (χ1) is 14.5. The second kappa shape index (κ2) is 9.01. The number of ketones is 1. The summed E-state index contributed by atoms with van der Waals surface area (Å²) in [5.74, 6) is -1.77. The molecular formula is C22H19ClFN3O4. The van der Waals surface area contributed by atoms with E-state index in [9.17, 15) is 14.0 Å². The van der Waals surface area contributed by atoms with Crippen LogP contribution in [0.15, 0.2) is 66.0 Å². The van der Waals surface area contributed by atoms with Gasteiger partial charge in [-0.15, -0.1) is 12.4 Å². The van der Waals surface area contributed by atoms with Gasteiger partial charge in [-0.3, -0.25) is 4.79 Å². The third-order valence-electron chi connectivity index (χ3n) is 4.64. The van der Waals surface area contributed by atoms with Gasteiger partial charge in [0, 0.05) is 36.1 Å². The van der Waals surface area contributed by atoms with Crippen molar-refractivity contribution in [2.24, 2.45) is 0 Å². The number of aromatic amines is 1. The van der Waals surface area contributed by atoms with E-state index in [0.717, 1.165) is 5.39 Å². The average Bonchev–Trinajstić information content (AvgIpc) is 3.30. The number of nitrogens with one attached hydrogen (secondary N) is 1. The second-order valence-corrected chi connectivity index (χ2v) is 6.52. The van der Waals surface area contributed by atoms with Gasteiger partial charge >= 0.3 is 5.97 Å². The topological polar surface area (TPSA) is 84.5 Å². The maximum Gasteiger partial charge on any atom is 0.347 e. The zero-order valence-corrected chi connectivity index (χ0v) is 17.5. The van der Waals surface area contributed by atoms with Gasteiger partial charge in [-0.2, -0.15) is 0 Å². The molecule has 0 spiro atoms. The number of fused-ring (bicyclic) bond motifs is 1. The third kappa shape index (κ3) is 4.15. The molecule has 0 radical (unpaired) electrons. The van der Waals surface area contributed by atoms with Crippen LogP contribution < -0.4 is 4.90 Å². The Hall–Kier alpha value is -3.65. The number of hydrogen-bond donors (Lipinski definition) is 1. The lowest BCUT2D eigenvalue weighted by Gasteiger charge is -2.20. The Labute approximate surface area is 183 Å². The number of carbonyl (C=O) groups is 2. The monoisotopic (exact) mass is 443 g/mol. The fraction of sp³-hybridized carbons (Fsp3) is 0.136. The van der Waals surface area contributed by atoms with Crippen LogP contribution in [0.25, 0.3) is 17.1 Å². The highest BCUT2D eigenvalue weighted by atomic mass is 35.5. The number of halogens is 2. The van der Waals surface area contributed by atoms with Crippen LogP contribution in [0.1, 0.15) is 12.5 Å². The number of ether oxygens (including phenoxy) is 2. The van der Waals surface area contributed by atoms with Crippen molar-refractivity contribution in [3.63, 3.8) is 0 Å². The van der Waals surface area contributed by atoms with Crippen molar-refractivity contribution < 1.29 is 23.5 Å².